The van der Waals surface area contributed by atoms with E-state index in [-0.39, 0.29) is 17.3 Å². The Bertz CT molecular complexity index is 832. The molecule has 0 saturated heterocycles. The van der Waals surface area contributed by atoms with Crippen molar-refractivity contribution in [1.82, 2.24) is 15.1 Å². The lowest BCUT2D eigenvalue weighted by Crippen LogP contribution is -2.45. The summed E-state index contributed by atoms with van der Waals surface area (Å²) in [5, 5.41) is 15.3. The Morgan fingerprint density at radius 1 is 1.21 bits per heavy atom. The van der Waals surface area contributed by atoms with E-state index in [1.165, 1.54) is 18.2 Å². The molecule has 0 unspecified atom stereocenters. The molecule has 24 heavy (non-hydrogen) atoms. The van der Waals surface area contributed by atoms with E-state index in [0.29, 0.717) is 0 Å². The summed E-state index contributed by atoms with van der Waals surface area (Å²) in [7, 11) is 0. The van der Waals surface area contributed by atoms with Crippen molar-refractivity contribution in [2.75, 3.05) is 0 Å². The van der Waals surface area contributed by atoms with Crippen LogP contribution in [0, 0.1) is 11.7 Å². The minimum Gasteiger partial charge on any atom is -0.480 e. The van der Waals surface area contributed by atoms with Crippen molar-refractivity contribution >= 4 is 11.9 Å². The molecule has 7 nitrogen and oxygen atoms in total. The van der Waals surface area contributed by atoms with Gasteiger partial charge in [0.05, 0.1) is 0 Å². The lowest BCUT2D eigenvalue weighted by atomic mass is 10.0. The number of carbonyl (C=O) groups is 2. The van der Waals surface area contributed by atoms with Crippen molar-refractivity contribution in [3.63, 3.8) is 0 Å². The molecule has 0 spiro atoms. The van der Waals surface area contributed by atoms with Gasteiger partial charge in [-0.15, -0.1) is 0 Å². The predicted octanol–water partition coefficient (Wildman–Crippen LogP) is 1.21. The van der Waals surface area contributed by atoms with E-state index >= 15 is 0 Å². The van der Waals surface area contributed by atoms with Gasteiger partial charge in [-0.2, -0.15) is 9.78 Å². The number of aromatic nitrogens is 2. The molecule has 1 atom stereocenters. The average Bonchev–Trinajstić information content (AvgIpc) is 2.53. The number of para-hydroxylation sites is 1. The van der Waals surface area contributed by atoms with Gasteiger partial charge in [-0.05, 0) is 24.1 Å². The Kier molecular flexibility index (Phi) is 5.08. The number of amides is 1. The Labute approximate surface area is 136 Å². The zero-order valence-corrected chi connectivity index (χ0v) is 13.1. The van der Waals surface area contributed by atoms with Crippen molar-refractivity contribution in [2.45, 2.75) is 19.9 Å². The second kappa shape index (κ2) is 7.03. The summed E-state index contributed by atoms with van der Waals surface area (Å²) >= 11 is 0. The molecule has 0 saturated carbocycles. The van der Waals surface area contributed by atoms with Gasteiger partial charge in [-0.3, -0.25) is 9.59 Å². The van der Waals surface area contributed by atoms with Gasteiger partial charge in [0, 0.05) is 6.07 Å². The predicted molar refractivity (Wildman–Crippen MR) is 83.5 cm³/mol. The molecule has 2 aromatic rings. The van der Waals surface area contributed by atoms with Gasteiger partial charge in [0.15, 0.2) is 0 Å². The number of carboxylic acid groups (broad SMARTS) is 1. The lowest BCUT2D eigenvalue weighted by molar-refractivity contribution is -0.140. The molecular formula is C16H16FN3O4. The highest BCUT2D eigenvalue weighted by Gasteiger charge is 2.25. The number of carboxylic acids is 1. The maximum Gasteiger partial charge on any atom is 0.326 e. The fourth-order valence-corrected chi connectivity index (χ4v) is 2.06. The molecule has 1 aromatic carbocycles. The molecule has 2 N–H and O–H groups in total. The van der Waals surface area contributed by atoms with Crippen molar-refractivity contribution < 1.29 is 19.1 Å². The van der Waals surface area contributed by atoms with Gasteiger partial charge in [0.2, 0.25) is 0 Å². The summed E-state index contributed by atoms with van der Waals surface area (Å²) in [5.41, 5.74) is -0.907. The number of halogens is 1. The molecule has 0 aliphatic heterocycles. The first-order chi connectivity index (χ1) is 11.3. The summed E-state index contributed by atoms with van der Waals surface area (Å²) in [6.07, 6.45) is 0. The van der Waals surface area contributed by atoms with Crippen LogP contribution in [-0.2, 0) is 4.79 Å². The molecule has 8 heteroatoms. The third-order valence-electron chi connectivity index (χ3n) is 3.33. The maximum absolute atomic E-state index is 13.8. The highest BCUT2D eigenvalue weighted by Crippen LogP contribution is 2.10. The number of carbonyl (C=O) groups excluding carboxylic acids is 1. The topological polar surface area (TPSA) is 101 Å². The zero-order valence-electron chi connectivity index (χ0n) is 13.1. The van der Waals surface area contributed by atoms with Crippen molar-refractivity contribution in [1.29, 1.82) is 0 Å². The van der Waals surface area contributed by atoms with Crippen LogP contribution in [0.15, 0.2) is 41.2 Å². The van der Waals surface area contributed by atoms with Gasteiger partial charge in [-0.25, -0.2) is 9.18 Å². The van der Waals surface area contributed by atoms with E-state index in [0.717, 1.165) is 22.9 Å². The van der Waals surface area contributed by atoms with Crippen LogP contribution in [0.3, 0.4) is 0 Å². The van der Waals surface area contributed by atoms with Gasteiger partial charge < -0.3 is 10.4 Å². The van der Waals surface area contributed by atoms with Gasteiger partial charge in [0.1, 0.15) is 23.2 Å². The zero-order chi connectivity index (χ0) is 17.9. The Hall–Kier alpha value is -3.03. The maximum atomic E-state index is 13.8. The second-order valence-corrected chi connectivity index (χ2v) is 5.45. The molecule has 0 aliphatic carbocycles. The summed E-state index contributed by atoms with van der Waals surface area (Å²) < 4.78 is 14.6. The van der Waals surface area contributed by atoms with Crippen LogP contribution in [0.5, 0.6) is 0 Å². The SMILES string of the molecule is CC(C)[C@@H](NC(=O)c1ccc(=O)n(-c2ccccc2F)n1)C(=O)O. The van der Waals surface area contributed by atoms with Crippen LogP contribution in [0.1, 0.15) is 24.3 Å². The molecule has 1 aromatic heterocycles. The smallest absolute Gasteiger partial charge is 0.326 e. The highest BCUT2D eigenvalue weighted by atomic mass is 19.1. The van der Waals surface area contributed by atoms with E-state index in [4.69, 9.17) is 5.11 Å². The lowest BCUT2D eigenvalue weighted by Gasteiger charge is -2.17. The molecular weight excluding hydrogens is 317 g/mol. The van der Waals surface area contributed by atoms with Crippen molar-refractivity contribution in [3.05, 3.63) is 58.3 Å². The first-order valence-electron chi connectivity index (χ1n) is 7.20. The van der Waals surface area contributed by atoms with Crippen LogP contribution in [-0.4, -0.2) is 32.8 Å². The number of hydrogen-bond donors (Lipinski definition) is 2. The summed E-state index contributed by atoms with van der Waals surface area (Å²) in [6, 6.07) is 6.62. The molecule has 0 fully saturated rings. The van der Waals surface area contributed by atoms with Gasteiger partial charge >= 0.3 is 5.97 Å². The molecule has 0 aliphatic rings. The second-order valence-electron chi connectivity index (χ2n) is 5.45. The Balaban J connectivity index is 2.38. The summed E-state index contributed by atoms with van der Waals surface area (Å²) in [4.78, 5) is 35.2. The van der Waals surface area contributed by atoms with E-state index in [1.807, 2.05) is 0 Å². The largest absolute Gasteiger partial charge is 0.480 e. The first-order valence-corrected chi connectivity index (χ1v) is 7.20. The number of aliphatic carboxylic acids is 1. The van der Waals surface area contributed by atoms with Crippen LogP contribution in [0.4, 0.5) is 4.39 Å². The first kappa shape index (κ1) is 17.3. The van der Waals surface area contributed by atoms with Crippen LogP contribution in [0.25, 0.3) is 5.69 Å². The van der Waals surface area contributed by atoms with Crippen LogP contribution in [0.2, 0.25) is 0 Å². The number of nitrogens with zero attached hydrogens (tertiary/aromatic N) is 2. The van der Waals surface area contributed by atoms with E-state index in [1.54, 1.807) is 13.8 Å². The number of benzene rings is 1. The Morgan fingerprint density at radius 2 is 1.88 bits per heavy atom. The van der Waals surface area contributed by atoms with Gasteiger partial charge in [-0.1, -0.05) is 26.0 Å². The van der Waals surface area contributed by atoms with E-state index < -0.39 is 29.3 Å². The third-order valence-corrected chi connectivity index (χ3v) is 3.33. The average molecular weight is 333 g/mol. The molecule has 126 valence electrons. The highest BCUT2D eigenvalue weighted by molar-refractivity contribution is 5.94. The number of nitrogens with one attached hydrogen (secondary N) is 1. The minimum atomic E-state index is -1.18. The quantitative estimate of drug-likeness (QED) is 0.856. The molecule has 1 heterocycles. The van der Waals surface area contributed by atoms with Crippen LogP contribution < -0.4 is 10.9 Å². The molecule has 0 radical (unpaired) electrons. The van der Waals surface area contributed by atoms with Crippen molar-refractivity contribution in [3.8, 4) is 5.69 Å². The van der Waals surface area contributed by atoms with Crippen LogP contribution >= 0.6 is 0 Å². The summed E-state index contributed by atoms with van der Waals surface area (Å²) in [6.45, 7) is 3.29. The minimum absolute atomic E-state index is 0.101. The number of rotatable bonds is 5. The summed E-state index contributed by atoms with van der Waals surface area (Å²) in [5.74, 6) is -2.96. The Morgan fingerprint density at radius 3 is 2.46 bits per heavy atom. The molecule has 1 amide bonds. The van der Waals surface area contributed by atoms with Gasteiger partial charge in [0.25, 0.3) is 11.5 Å². The van der Waals surface area contributed by atoms with E-state index in [9.17, 15) is 18.8 Å². The monoisotopic (exact) mass is 333 g/mol. The number of hydrogen-bond acceptors (Lipinski definition) is 4. The van der Waals surface area contributed by atoms with Crippen molar-refractivity contribution in [2.24, 2.45) is 5.92 Å². The molecule has 0 bridgehead atoms. The van der Waals surface area contributed by atoms with E-state index in [2.05, 4.69) is 10.4 Å². The standard InChI is InChI=1S/C16H16FN3O4/c1-9(2)14(16(23)24)18-15(22)11-7-8-13(21)20(19-11)12-6-4-3-5-10(12)17/h3-9,14H,1-2H3,(H,18,22)(H,23,24)/t14-/m1/s1. The normalized spacial score (nSPS) is 12.0. The third kappa shape index (κ3) is 3.65. The fourth-order valence-electron chi connectivity index (χ4n) is 2.06. The molecule has 2 rings (SSSR count). The fraction of sp³-hybridized carbons (Fsp3) is 0.250.